The number of aryl methyl sites for hydroxylation is 1. The maximum atomic E-state index is 5.70. The van der Waals surface area contributed by atoms with Crippen LogP contribution < -0.4 is 5.73 Å². The van der Waals surface area contributed by atoms with Gasteiger partial charge in [-0.25, -0.2) is 4.98 Å². The van der Waals surface area contributed by atoms with Crippen LogP contribution in [0.1, 0.15) is 5.56 Å². The van der Waals surface area contributed by atoms with E-state index in [1.165, 1.54) is 0 Å². The Labute approximate surface area is 83.5 Å². The normalized spacial score (nSPS) is 10.8. The molecule has 0 aromatic carbocycles. The molecule has 3 N–H and O–H groups in total. The number of rotatable bonds is 0. The fourth-order valence-corrected chi connectivity index (χ4v) is 1.64. The summed E-state index contributed by atoms with van der Waals surface area (Å²) in [6, 6.07) is 2.07. The first-order chi connectivity index (χ1) is 5.68. The lowest BCUT2D eigenvalue weighted by molar-refractivity contribution is 1.31. The average molecular weight is 273 g/mol. The second-order valence-electron chi connectivity index (χ2n) is 2.71. The maximum Gasteiger partial charge on any atom is 0.139 e. The summed E-state index contributed by atoms with van der Waals surface area (Å²) in [4.78, 5) is 7.24. The zero-order valence-electron chi connectivity index (χ0n) is 6.56. The molecule has 0 radical (unpaired) electrons. The zero-order valence-corrected chi connectivity index (χ0v) is 8.71. The molecule has 0 saturated heterocycles. The van der Waals surface area contributed by atoms with Gasteiger partial charge in [0.25, 0.3) is 0 Å². The number of hydrogen-bond acceptors (Lipinski definition) is 2. The van der Waals surface area contributed by atoms with Crippen molar-refractivity contribution in [3.63, 3.8) is 0 Å². The van der Waals surface area contributed by atoms with Gasteiger partial charge in [-0.1, -0.05) is 0 Å². The second kappa shape index (κ2) is 2.62. The van der Waals surface area contributed by atoms with Gasteiger partial charge in [-0.2, -0.15) is 0 Å². The summed E-state index contributed by atoms with van der Waals surface area (Å²) in [6.07, 6.45) is 1.82. The van der Waals surface area contributed by atoms with Crippen molar-refractivity contribution in [1.82, 2.24) is 9.97 Å². The van der Waals surface area contributed by atoms with Gasteiger partial charge in [-0.05, 0) is 35.6 Å². The Balaban J connectivity index is 2.88. The van der Waals surface area contributed by atoms with Gasteiger partial charge in [0.15, 0.2) is 0 Å². The summed E-state index contributed by atoms with van der Waals surface area (Å²) < 4.78 is 1.13. The smallest absolute Gasteiger partial charge is 0.139 e. The summed E-state index contributed by atoms with van der Waals surface area (Å²) >= 11 is 2.24. The number of hydrogen-bond donors (Lipinski definition) is 2. The first-order valence-electron chi connectivity index (χ1n) is 3.58. The molecule has 0 fully saturated rings. The van der Waals surface area contributed by atoms with Gasteiger partial charge in [0.2, 0.25) is 0 Å². The number of anilines is 1. The number of aromatic amines is 1. The predicted molar refractivity (Wildman–Crippen MR) is 58.0 cm³/mol. The highest BCUT2D eigenvalue weighted by Crippen LogP contribution is 2.22. The van der Waals surface area contributed by atoms with Crippen LogP contribution in [0.25, 0.3) is 11.0 Å². The number of fused-ring (bicyclic) bond motifs is 1. The van der Waals surface area contributed by atoms with Crippen LogP contribution in [0.15, 0.2) is 12.3 Å². The number of nitrogen functional groups attached to an aromatic ring is 1. The summed E-state index contributed by atoms with van der Waals surface area (Å²) in [6.45, 7) is 1.99. The van der Waals surface area contributed by atoms with E-state index in [1.54, 1.807) is 0 Å². The fraction of sp³-hybridized carbons (Fsp3) is 0.125. The van der Waals surface area contributed by atoms with Crippen molar-refractivity contribution >= 4 is 39.4 Å². The van der Waals surface area contributed by atoms with E-state index in [9.17, 15) is 0 Å². The molecule has 2 heterocycles. The van der Waals surface area contributed by atoms with Gasteiger partial charge in [0, 0.05) is 20.7 Å². The standard InChI is InChI=1S/C8H8IN3/c1-4-6-2-5(9)3-11-8(6)12-7(4)10/h2-3H,10H2,1H3,(H,11,12). The number of nitrogens with zero attached hydrogens (tertiary/aromatic N) is 1. The van der Waals surface area contributed by atoms with E-state index >= 15 is 0 Å². The first kappa shape index (κ1) is 7.85. The molecular weight excluding hydrogens is 265 g/mol. The van der Waals surface area contributed by atoms with E-state index in [2.05, 4.69) is 38.6 Å². The predicted octanol–water partition coefficient (Wildman–Crippen LogP) is 2.06. The minimum absolute atomic E-state index is 0.708. The third-order valence-electron chi connectivity index (χ3n) is 1.92. The van der Waals surface area contributed by atoms with E-state index in [-0.39, 0.29) is 0 Å². The van der Waals surface area contributed by atoms with Crippen LogP contribution in [0.3, 0.4) is 0 Å². The minimum Gasteiger partial charge on any atom is -0.385 e. The Kier molecular flexibility index (Phi) is 1.71. The molecule has 0 unspecified atom stereocenters. The van der Waals surface area contributed by atoms with Crippen molar-refractivity contribution in [3.05, 3.63) is 21.4 Å². The van der Waals surface area contributed by atoms with Crippen LogP contribution in [0, 0.1) is 10.5 Å². The molecule has 0 bridgehead atoms. The Bertz CT molecular complexity index is 433. The van der Waals surface area contributed by atoms with Crippen molar-refractivity contribution in [3.8, 4) is 0 Å². The molecule has 0 aliphatic carbocycles. The molecule has 12 heavy (non-hydrogen) atoms. The van der Waals surface area contributed by atoms with E-state index in [1.807, 2.05) is 13.1 Å². The molecule has 0 aliphatic heterocycles. The molecule has 3 nitrogen and oxygen atoms in total. The highest BCUT2D eigenvalue weighted by molar-refractivity contribution is 14.1. The first-order valence-corrected chi connectivity index (χ1v) is 4.65. The quantitative estimate of drug-likeness (QED) is 0.722. The number of pyridine rings is 1. The van der Waals surface area contributed by atoms with Gasteiger partial charge in [0.05, 0.1) is 0 Å². The fourth-order valence-electron chi connectivity index (χ4n) is 1.19. The van der Waals surface area contributed by atoms with Gasteiger partial charge in [-0.3, -0.25) is 0 Å². The highest BCUT2D eigenvalue weighted by Gasteiger charge is 2.04. The Hall–Kier alpha value is -0.780. The summed E-state index contributed by atoms with van der Waals surface area (Å²) in [7, 11) is 0. The topological polar surface area (TPSA) is 54.7 Å². The Morgan fingerprint density at radius 1 is 1.58 bits per heavy atom. The molecule has 2 rings (SSSR count). The van der Waals surface area contributed by atoms with Crippen LogP contribution in [-0.2, 0) is 0 Å². The highest BCUT2D eigenvalue weighted by atomic mass is 127. The molecule has 0 atom stereocenters. The van der Waals surface area contributed by atoms with Crippen molar-refractivity contribution in [2.75, 3.05) is 5.73 Å². The third kappa shape index (κ3) is 1.06. The van der Waals surface area contributed by atoms with Crippen molar-refractivity contribution in [2.45, 2.75) is 6.92 Å². The Morgan fingerprint density at radius 3 is 3.08 bits per heavy atom. The molecule has 0 aliphatic rings. The Morgan fingerprint density at radius 2 is 2.33 bits per heavy atom. The largest absolute Gasteiger partial charge is 0.385 e. The van der Waals surface area contributed by atoms with E-state index < -0.39 is 0 Å². The molecule has 0 spiro atoms. The van der Waals surface area contributed by atoms with Crippen molar-refractivity contribution in [2.24, 2.45) is 0 Å². The lowest BCUT2D eigenvalue weighted by atomic mass is 10.2. The van der Waals surface area contributed by atoms with Gasteiger partial charge < -0.3 is 10.7 Å². The zero-order chi connectivity index (χ0) is 8.72. The number of nitrogens with one attached hydrogen (secondary N) is 1. The van der Waals surface area contributed by atoms with Crippen LogP contribution >= 0.6 is 22.6 Å². The SMILES string of the molecule is Cc1c(N)[nH]c2ncc(I)cc12. The maximum absolute atomic E-state index is 5.70. The van der Waals surface area contributed by atoms with Crippen LogP contribution in [0.2, 0.25) is 0 Å². The van der Waals surface area contributed by atoms with Crippen LogP contribution in [0.5, 0.6) is 0 Å². The van der Waals surface area contributed by atoms with Gasteiger partial charge in [-0.15, -0.1) is 0 Å². The van der Waals surface area contributed by atoms with E-state index in [0.717, 1.165) is 20.2 Å². The molecule has 4 heteroatoms. The third-order valence-corrected chi connectivity index (χ3v) is 2.51. The number of H-pyrrole nitrogens is 1. The monoisotopic (exact) mass is 273 g/mol. The average Bonchev–Trinajstić information content (AvgIpc) is 2.31. The second-order valence-corrected chi connectivity index (χ2v) is 3.96. The van der Waals surface area contributed by atoms with Gasteiger partial charge in [0.1, 0.15) is 11.5 Å². The lowest BCUT2D eigenvalue weighted by Crippen LogP contribution is -1.85. The molecule has 2 aromatic heterocycles. The summed E-state index contributed by atoms with van der Waals surface area (Å²) in [5.41, 5.74) is 7.65. The number of halogens is 1. The molecule has 0 saturated carbocycles. The van der Waals surface area contributed by atoms with E-state index in [4.69, 9.17) is 5.73 Å². The number of aromatic nitrogens is 2. The lowest BCUT2D eigenvalue weighted by Gasteiger charge is -1.91. The van der Waals surface area contributed by atoms with Crippen molar-refractivity contribution in [1.29, 1.82) is 0 Å². The molecule has 62 valence electrons. The van der Waals surface area contributed by atoms with Crippen LogP contribution in [0.4, 0.5) is 5.82 Å². The molecule has 2 aromatic rings. The number of nitrogens with two attached hydrogens (primary N) is 1. The van der Waals surface area contributed by atoms with Crippen molar-refractivity contribution < 1.29 is 0 Å². The van der Waals surface area contributed by atoms with E-state index in [0.29, 0.717) is 5.82 Å². The summed E-state index contributed by atoms with van der Waals surface area (Å²) in [5.74, 6) is 0.708. The van der Waals surface area contributed by atoms with Gasteiger partial charge >= 0.3 is 0 Å². The molecule has 0 amide bonds. The minimum atomic E-state index is 0.708. The summed E-state index contributed by atoms with van der Waals surface area (Å²) in [5, 5.41) is 1.11. The molecular formula is C8H8IN3. The van der Waals surface area contributed by atoms with Crippen LogP contribution in [-0.4, -0.2) is 9.97 Å².